The Morgan fingerprint density at radius 3 is 2.45 bits per heavy atom. The first kappa shape index (κ1) is 14.1. The van der Waals surface area contributed by atoms with Gasteiger partial charge in [-0.15, -0.1) is 0 Å². The molecule has 0 atom stereocenters. The minimum absolute atomic E-state index is 0.0214. The zero-order valence-electron chi connectivity index (χ0n) is 11.8. The van der Waals surface area contributed by atoms with Crippen molar-refractivity contribution in [2.24, 2.45) is 17.8 Å². The lowest BCUT2D eigenvalue weighted by atomic mass is 9.99. The fraction of sp³-hybridized carbons (Fsp3) is 0.714. The summed E-state index contributed by atoms with van der Waals surface area (Å²) in [6.07, 6.45) is 5.04. The number of nitrogens with one attached hydrogen (secondary N) is 2. The van der Waals surface area contributed by atoms with E-state index in [1.807, 2.05) is 0 Å². The fourth-order valence-electron chi connectivity index (χ4n) is 2.82. The van der Waals surface area contributed by atoms with Gasteiger partial charge in [0, 0.05) is 6.54 Å². The van der Waals surface area contributed by atoms with Gasteiger partial charge in [-0.2, -0.15) is 0 Å². The van der Waals surface area contributed by atoms with Crippen molar-refractivity contribution in [1.29, 1.82) is 0 Å². The van der Waals surface area contributed by atoms with Crippen LogP contribution < -0.4 is 10.0 Å². The summed E-state index contributed by atoms with van der Waals surface area (Å²) in [6, 6.07) is 3.22. The van der Waals surface area contributed by atoms with E-state index < -0.39 is 10.0 Å². The normalized spacial score (nSPS) is 19.7. The summed E-state index contributed by atoms with van der Waals surface area (Å²) >= 11 is 0. The summed E-state index contributed by atoms with van der Waals surface area (Å²) in [5, 5.41) is 2.96. The van der Waals surface area contributed by atoms with Crippen LogP contribution in [-0.2, 0) is 16.6 Å². The lowest BCUT2D eigenvalue weighted by molar-refractivity contribution is 0.386. The highest BCUT2D eigenvalue weighted by atomic mass is 32.2. The Kier molecular flexibility index (Phi) is 3.88. The molecular weight excluding hydrogens is 276 g/mol. The highest BCUT2D eigenvalue weighted by molar-refractivity contribution is 7.89. The van der Waals surface area contributed by atoms with Gasteiger partial charge < -0.3 is 9.73 Å². The maximum Gasteiger partial charge on any atom is 0.273 e. The van der Waals surface area contributed by atoms with Crippen molar-refractivity contribution in [2.75, 3.05) is 13.6 Å². The highest BCUT2D eigenvalue weighted by Crippen LogP contribution is 2.48. The van der Waals surface area contributed by atoms with Crippen molar-refractivity contribution in [3.8, 4) is 0 Å². The molecule has 20 heavy (non-hydrogen) atoms. The molecule has 1 aromatic heterocycles. The Labute approximate surface area is 120 Å². The first-order valence-electron chi connectivity index (χ1n) is 7.33. The maximum atomic E-state index is 12.2. The van der Waals surface area contributed by atoms with Gasteiger partial charge in [0.05, 0.1) is 6.54 Å². The van der Waals surface area contributed by atoms with Crippen molar-refractivity contribution >= 4 is 10.0 Å². The lowest BCUT2D eigenvalue weighted by Crippen LogP contribution is -2.31. The van der Waals surface area contributed by atoms with Crippen LogP contribution in [0.15, 0.2) is 21.6 Å². The van der Waals surface area contributed by atoms with Crippen LogP contribution in [0.4, 0.5) is 0 Å². The van der Waals surface area contributed by atoms with Crippen molar-refractivity contribution < 1.29 is 12.8 Å². The summed E-state index contributed by atoms with van der Waals surface area (Å²) in [7, 11) is -1.71. The van der Waals surface area contributed by atoms with Crippen LogP contribution in [0.2, 0.25) is 0 Å². The SMILES string of the molecule is CNCc1ccc(S(=O)(=O)NCC(C2CC2)C2CC2)o1. The number of rotatable bonds is 8. The average Bonchev–Trinajstić information content (AvgIpc) is 3.32. The molecule has 0 aromatic carbocycles. The Morgan fingerprint density at radius 2 is 1.90 bits per heavy atom. The van der Waals surface area contributed by atoms with Crippen molar-refractivity contribution in [2.45, 2.75) is 37.3 Å². The Hall–Kier alpha value is -0.850. The Bertz CT molecular complexity index is 547. The third-order valence-corrected chi connectivity index (χ3v) is 5.51. The van der Waals surface area contributed by atoms with Crippen LogP contribution >= 0.6 is 0 Å². The molecule has 2 N–H and O–H groups in total. The molecule has 1 aromatic rings. The van der Waals surface area contributed by atoms with Gasteiger partial charge in [-0.05, 0) is 62.6 Å². The lowest BCUT2D eigenvalue weighted by Gasteiger charge is -2.15. The smallest absolute Gasteiger partial charge is 0.273 e. The third kappa shape index (κ3) is 3.24. The van der Waals surface area contributed by atoms with Crippen LogP contribution in [0.5, 0.6) is 0 Å². The number of hydrogen-bond acceptors (Lipinski definition) is 4. The first-order chi connectivity index (χ1) is 9.60. The van der Waals surface area contributed by atoms with Crippen molar-refractivity contribution in [1.82, 2.24) is 10.0 Å². The van der Waals surface area contributed by atoms with Crippen molar-refractivity contribution in [3.63, 3.8) is 0 Å². The minimum Gasteiger partial charge on any atom is -0.447 e. The molecule has 6 heteroatoms. The van der Waals surface area contributed by atoms with E-state index in [1.54, 1.807) is 13.1 Å². The average molecular weight is 298 g/mol. The van der Waals surface area contributed by atoms with Crippen LogP contribution in [0.3, 0.4) is 0 Å². The highest BCUT2D eigenvalue weighted by Gasteiger charge is 2.41. The molecule has 2 fully saturated rings. The molecule has 0 amide bonds. The molecular formula is C14H22N2O3S. The Morgan fingerprint density at radius 1 is 1.25 bits per heavy atom. The first-order valence-corrected chi connectivity index (χ1v) is 8.81. The quantitative estimate of drug-likeness (QED) is 0.766. The van der Waals surface area contributed by atoms with E-state index in [0.29, 0.717) is 24.8 Å². The molecule has 1 heterocycles. The largest absolute Gasteiger partial charge is 0.447 e. The second-order valence-corrected chi connectivity index (χ2v) is 7.64. The molecule has 0 bridgehead atoms. The summed E-state index contributed by atoms with van der Waals surface area (Å²) in [6.45, 7) is 1.09. The molecule has 0 radical (unpaired) electrons. The molecule has 3 rings (SSSR count). The standard InChI is InChI=1S/C14H22N2O3S/c1-15-8-12-6-7-14(19-12)20(17,18)16-9-13(10-2-3-10)11-4-5-11/h6-7,10-11,13,15-16H,2-5,8-9H2,1H3. The topological polar surface area (TPSA) is 71.3 Å². The van der Waals surface area contributed by atoms with Crippen LogP contribution in [0.25, 0.3) is 0 Å². The molecule has 2 aliphatic rings. The molecule has 112 valence electrons. The monoisotopic (exact) mass is 298 g/mol. The molecule has 0 aliphatic heterocycles. The second-order valence-electron chi connectivity index (χ2n) is 5.94. The van der Waals surface area contributed by atoms with Crippen molar-refractivity contribution in [3.05, 3.63) is 17.9 Å². The molecule has 0 saturated heterocycles. The van der Waals surface area contributed by atoms with E-state index in [2.05, 4.69) is 10.0 Å². The Balaban J connectivity index is 1.61. The molecule has 2 saturated carbocycles. The van der Waals surface area contributed by atoms with E-state index >= 15 is 0 Å². The molecule has 0 unspecified atom stereocenters. The summed E-state index contributed by atoms with van der Waals surface area (Å²) in [5.74, 6) is 2.63. The van der Waals surface area contributed by atoms with Gasteiger partial charge >= 0.3 is 0 Å². The number of sulfonamides is 1. The van der Waals surface area contributed by atoms with Gasteiger partial charge in [-0.3, -0.25) is 0 Å². The number of furan rings is 1. The van der Waals surface area contributed by atoms with Crippen LogP contribution in [-0.4, -0.2) is 22.0 Å². The second kappa shape index (κ2) is 5.50. The van der Waals surface area contributed by atoms with E-state index in [4.69, 9.17) is 4.42 Å². The molecule has 2 aliphatic carbocycles. The fourth-order valence-corrected chi connectivity index (χ4v) is 3.83. The predicted octanol–water partition coefficient (Wildman–Crippen LogP) is 1.71. The molecule has 5 nitrogen and oxygen atoms in total. The predicted molar refractivity (Wildman–Crippen MR) is 75.6 cm³/mol. The van der Waals surface area contributed by atoms with Crippen LogP contribution in [0, 0.1) is 17.8 Å². The van der Waals surface area contributed by atoms with Gasteiger partial charge in [0.25, 0.3) is 10.0 Å². The minimum atomic E-state index is -3.51. The van der Waals surface area contributed by atoms with E-state index in [9.17, 15) is 8.42 Å². The maximum absolute atomic E-state index is 12.2. The summed E-state index contributed by atoms with van der Waals surface area (Å²) in [5.41, 5.74) is 0. The zero-order valence-corrected chi connectivity index (χ0v) is 12.6. The van der Waals surface area contributed by atoms with Gasteiger partial charge in [0.1, 0.15) is 5.76 Å². The summed E-state index contributed by atoms with van der Waals surface area (Å²) in [4.78, 5) is 0. The van der Waals surface area contributed by atoms with Gasteiger partial charge in [0.15, 0.2) is 0 Å². The van der Waals surface area contributed by atoms with Gasteiger partial charge in [0.2, 0.25) is 5.09 Å². The van der Waals surface area contributed by atoms with Gasteiger partial charge in [-0.25, -0.2) is 13.1 Å². The van der Waals surface area contributed by atoms with Gasteiger partial charge in [-0.1, -0.05) is 0 Å². The molecule has 0 spiro atoms. The third-order valence-electron chi connectivity index (χ3n) is 4.22. The number of hydrogen-bond donors (Lipinski definition) is 2. The van der Waals surface area contributed by atoms with E-state index in [1.165, 1.54) is 31.7 Å². The zero-order chi connectivity index (χ0) is 14.2. The van der Waals surface area contributed by atoms with E-state index in [-0.39, 0.29) is 5.09 Å². The van der Waals surface area contributed by atoms with Crippen LogP contribution in [0.1, 0.15) is 31.4 Å². The van der Waals surface area contributed by atoms with E-state index in [0.717, 1.165) is 11.8 Å². The summed E-state index contributed by atoms with van der Waals surface area (Å²) < 4.78 is 32.5.